The van der Waals surface area contributed by atoms with E-state index >= 15 is 0 Å². The van der Waals surface area contributed by atoms with Crippen molar-refractivity contribution in [2.24, 2.45) is 5.92 Å². The zero-order chi connectivity index (χ0) is 27.9. The van der Waals surface area contributed by atoms with E-state index in [4.69, 9.17) is 9.72 Å². The first kappa shape index (κ1) is 27.9. The van der Waals surface area contributed by atoms with E-state index in [1.807, 2.05) is 36.5 Å². The van der Waals surface area contributed by atoms with Gasteiger partial charge in [-0.3, -0.25) is 9.69 Å². The Hall–Kier alpha value is -3.65. The van der Waals surface area contributed by atoms with E-state index in [0.717, 1.165) is 66.5 Å². The minimum absolute atomic E-state index is 0.0700. The molecule has 1 saturated heterocycles. The van der Waals surface area contributed by atoms with Crippen LogP contribution in [0.1, 0.15) is 56.4 Å². The summed E-state index contributed by atoms with van der Waals surface area (Å²) in [6.07, 6.45) is 6.80. The van der Waals surface area contributed by atoms with Gasteiger partial charge in [0.25, 0.3) is 0 Å². The number of benzene rings is 2. The molecule has 40 heavy (non-hydrogen) atoms. The maximum absolute atomic E-state index is 12.4. The summed E-state index contributed by atoms with van der Waals surface area (Å²) >= 11 is 0. The number of nitrogens with one attached hydrogen (secondary N) is 2. The molecule has 8 nitrogen and oxygen atoms in total. The van der Waals surface area contributed by atoms with E-state index in [2.05, 4.69) is 58.3 Å². The fraction of sp³-hybridized carbons (Fsp3) is 0.469. The van der Waals surface area contributed by atoms with Gasteiger partial charge in [0.2, 0.25) is 11.9 Å². The van der Waals surface area contributed by atoms with Crippen molar-refractivity contribution < 1.29 is 9.53 Å². The van der Waals surface area contributed by atoms with Gasteiger partial charge < -0.3 is 20.3 Å². The van der Waals surface area contributed by atoms with Crippen LogP contribution < -0.4 is 20.3 Å². The van der Waals surface area contributed by atoms with Crippen molar-refractivity contribution in [3.63, 3.8) is 0 Å². The van der Waals surface area contributed by atoms with Crippen molar-refractivity contribution in [1.82, 2.24) is 14.9 Å². The van der Waals surface area contributed by atoms with Crippen molar-refractivity contribution in [2.75, 3.05) is 48.3 Å². The Kier molecular flexibility index (Phi) is 9.16. The van der Waals surface area contributed by atoms with E-state index in [1.165, 1.54) is 31.5 Å². The molecule has 5 rings (SSSR count). The van der Waals surface area contributed by atoms with Gasteiger partial charge >= 0.3 is 0 Å². The van der Waals surface area contributed by atoms with E-state index in [9.17, 15) is 4.79 Å². The van der Waals surface area contributed by atoms with E-state index < -0.39 is 0 Å². The number of rotatable bonds is 11. The largest absolute Gasteiger partial charge is 0.492 e. The molecule has 0 unspecified atom stereocenters. The summed E-state index contributed by atoms with van der Waals surface area (Å²) < 4.78 is 5.92. The number of amides is 1. The second kappa shape index (κ2) is 13.1. The highest BCUT2D eigenvalue weighted by molar-refractivity contribution is 5.91. The SMILES string of the molecule is Cc1ccc(NC(=O)CCC(C)C)cc1N1CCc2nc(Nc3ccc(OCCN4CCCC4)cc3)ncc2C1. The maximum Gasteiger partial charge on any atom is 0.227 e. The Morgan fingerprint density at radius 3 is 2.60 bits per heavy atom. The smallest absolute Gasteiger partial charge is 0.227 e. The molecule has 2 aliphatic rings. The summed E-state index contributed by atoms with van der Waals surface area (Å²) in [4.78, 5) is 26.6. The van der Waals surface area contributed by atoms with Gasteiger partial charge in [0.1, 0.15) is 12.4 Å². The van der Waals surface area contributed by atoms with Gasteiger partial charge in [0.15, 0.2) is 0 Å². The molecule has 1 amide bonds. The number of anilines is 4. The summed E-state index contributed by atoms with van der Waals surface area (Å²) in [5, 5.41) is 6.41. The standard InChI is InChI=1S/C32H42N6O2/c1-23(2)6-13-31(39)34-27-8-7-24(3)30(20-27)38-17-14-29-25(22-38)21-33-32(36-29)35-26-9-11-28(12-10-26)40-19-18-37-15-4-5-16-37/h7-12,20-21,23H,4-6,13-19,22H2,1-3H3,(H,34,39)(H,33,35,36). The summed E-state index contributed by atoms with van der Waals surface area (Å²) in [5.41, 5.74) is 6.31. The van der Waals surface area contributed by atoms with E-state index in [-0.39, 0.29) is 5.91 Å². The number of likely N-dealkylation sites (tertiary alicyclic amines) is 1. The minimum atomic E-state index is 0.0700. The number of fused-ring (bicyclic) bond motifs is 1. The minimum Gasteiger partial charge on any atom is -0.492 e. The average molecular weight is 543 g/mol. The lowest BCUT2D eigenvalue weighted by molar-refractivity contribution is -0.116. The topological polar surface area (TPSA) is 82.6 Å². The number of aromatic nitrogens is 2. The Morgan fingerprint density at radius 2 is 1.82 bits per heavy atom. The second-order valence-electron chi connectivity index (χ2n) is 11.4. The molecule has 212 valence electrons. The van der Waals surface area contributed by atoms with Crippen LogP contribution in [-0.2, 0) is 17.8 Å². The molecule has 1 aromatic heterocycles. The number of carbonyl (C=O) groups excluding carboxylic acids is 1. The third-order valence-corrected chi connectivity index (χ3v) is 7.70. The van der Waals surface area contributed by atoms with Crippen molar-refractivity contribution in [1.29, 1.82) is 0 Å². The molecule has 2 aromatic carbocycles. The van der Waals surface area contributed by atoms with Gasteiger partial charge in [-0.05, 0) is 87.2 Å². The molecule has 2 N–H and O–H groups in total. The molecule has 0 spiro atoms. The molecule has 1 fully saturated rings. The van der Waals surface area contributed by atoms with Crippen LogP contribution in [0.25, 0.3) is 0 Å². The predicted octanol–water partition coefficient (Wildman–Crippen LogP) is 5.94. The molecule has 8 heteroatoms. The number of ether oxygens (including phenoxy) is 1. The third kappa shape index (κ3) is 7.50. The maximum atomic E-state index is 12.4. The summed E-state index contributed by atoms with van der Waals surface area (Å²) in [6.45, 7) is 12.1. The molecular formula is C32H42N6O2. The monoisotopic (exact) mass is 542 g/mol. The van der Waals surface area contributed by atoms with Crippen molar-refractivity contribution in [2.45, 2.75) is 59.4 Å². The average Bonchev–Trinajstić information content (AvgIpc) is 3.47. The van der Waals surface area contributed by atoms with E-state index in [0.29, 0.717) is 24.9 Å². The molecule has 0 bridgehead atoms. The Balaban J connectivity index is 1.16. The van der Waals surface area contributed by atoms with Gasteiger partial charge in [0, 0.05) is 61.3 Å². The number of carbonyl (C=O) groups is 1. The van der Waals surface area contributed by atoms with Gasteiger partial charge in [-0.25, -0.2) is 9.97 Å². The lowest BCUT2D eigenvalue weighted by atomic mass is 10.0. The van der Waals surface area contributed by atoms with Crippen LogP contribution in [0.15, 0.2) is 48.7 Å². The molecule has 0 atom stereocenters. The Morgan fingerprint density at radius 1 is 1.05 bits per heavy atom. The lowest BCUT2D eigenvalue weighted by Crippen LogP contribution is -2.32. The van der Waals surface area contributed by atoms with Crippen LogP contribution >= 0.6 is 0 Å². The first-order chi connectivity index (χ1) is 19.4. The van der Waals surface area contributed by atoms with Gasteiger partial charge in [-0.1, -0.05) is 19.9 Å². The van der Waals surface area contributed by atoms with E-state index in [1.54, 1.807) is 0 Å². The summed E-state index contributed by atoms with van der Waals surface area (Å²) in [7, 11) is 0. The molecule has 2 aliphatic heterocycles. The number of hydrogen-bond acceptors (Lipinski definition) is 7. The number of aryl methyl sites for hydroxylation is 1. The molecule has 0 saturated carbocycles. The number of hydrogen-bond donors (Lipinski definition) is 2. The Bertz CT molecular complexity index is 1290. The molecule has 3 aromatic rings. The van der Waals surface area contributed by atoms with Crippen LogP contribution in [0.2, 0.25) is 0 Å². The van der Waals surface area contributed by atoms with Gasteiger partial charge in [0.05, 0.1) is 5.69 Å². The predicted molar refractivity (Wildman–Crippen MR) is 162 cm³/mol. The van der Waals surface area contributed by atoms with Crippen LogP contribution in [0.3, 0.4) is 0 Å². The molecular weight excluding hydrogens is 500 g/mol. The molecule has 0 radical (unpaired) electrons. The molecule has 0 aliphatic carbocycles. The zero-order valence-corrected chi connectivity index (χ0v) is 24.1. The van der Waals surface area contributed by atoms with Crippen molar-refractivity contribution in [3.8, 4) is 5.75 Å². The lowest BCUT2D eigenvalue weighted by Gasteiger charge is -2.31. The van der Waals surface area contributed by atoms with Crippen LogP contribution in [0.5, 0.6) is 5.75 Å². The zero-order valence-electron chi connectivity index (χ0n) is 24.1. The second-order valence-corrected chi connectivity index (χ2v) is 11.4. The summed E-state index contributed by atoms with van der Waals surface area (Å²) in [6, 6.07) is 14.1. The summed E-state index contributed by atoms with van der Waals surface area (Å²) in [5.74, 6) is 2.07. The highest BCUT2D eigenvalue weighted by Crippen LogP contribution is 2.30. The van der Waals surface area contributed by atoms with Crippen LogP contribution in [-0.4, -0.2) is 53.6 Å². The van der Waals surface area contributed by atoms with Crippen molar-refractivity contribution in [3.05, 3.63) is 65.5 Å². The number of nitrogens with zero attached hydrogens (tertiary/aromatic N) is 4. The van der Waals surface area contributed by atoms with Gasteiger partial charge in [-0.15, -0.1) is 0 Å². The quantitative estimate of drug-likeness (QED) is 0.310. The first-order valence-electron chi connectivity index (χ1n) is 14.7. The fourth-order valence-electron chi connectivity index (χ4n) is 5.32. The molecule has 3 heterocycles. The Labute approximate surface area is 238 Å². The van der Waals surface area contributed by atoms with Crippen molar-refractivity contribution >= 4 is 28.9 Å². The first-order valence-corrected chi connectivity index (χ1v) is 14.7. The fourth-order valence-corrected chi connectivity index (χ4v) is 5.32. The highest BCUT2D eigenvalue weighted by atomic mass is 16.5. The third-order valence-electron chi connectivity index (χ3n) is 7.70. The van der Waals surface area contributed by atoms with Gasteiger partial charge in [-0.2, -0.15) is 0 Å². The van der Waals surface area contributed by atoms with Crippen LogP contribution in [0, 0.1) is 12.8 Å². The highest BCUT2D eigenvalue weighted by Gasteiger charge is 2.21. The normalized spacial score (nSPS) is 15.2. The van der Waals surface area contributed by atoms with Crippen LogP contribution in [0.4, 0.5) is 23.0 Å².